The van der Waals surface area contributed by atoms with Crippen molar-refractivity contribution in [3.05, 3.63) is 29.8 Å². The SMILES string of the molecule is CCC(C)C(NC(=O)CNC(=O)C(N)CS)C(=O)NC(Cc1ccc(O)cc1)C(=O)O. The van der Waals surface area contributed by atoms with E-state index in [1.165, 1.54) is 12.1 Å². The maximum absolute atomic E-state index is 12.8. The van der Waals surface area contributed by atoms with Gasteiger partial charge < -0.3 is 31.9 Å². The lowest BCUT2D eigenvalue weighted by atomic mass is 9.97. The number of hydrogen-bond donors (Lipinski definition) is 7. The van der Waals surface area contributed by atoms with Gasteiger partial charge in [0.05, 0.1) is 12.6 Å². The number of carbonyl (C=O) groups excluding carboxylic acids is 3. The standard InChI is InChI=1S/C20H30N4O6S/c1-3-11(2)17(24-16(26)9-22-18(27)14(21)10-31)19(28)23-15(20(29)30)8-12-4-6-13(25)7-5-12/h4-7,11,14-15,17,25,31H,3,8-10,21H2,1-2H3,(H,22,27)(H,23,28)(H,24,26)(H,29,30). The summed E-state index contributed by atoms with van der Waals surface area (Å²) in [6.45, 7) is 3.20. The molecule has 0 aromatic heterocycles. The van der Waals surface area contributed by atoms with Crippen molar-refractivity contribution in [1.29, 1.82) is 0 Å². The number of carboxylic acids is 1. The second-order valence-electron chi connectivity index (χ2n) is 7.21. The summed E-state index contributed by atoms with van der Waals surface area (Å²) in [5.41, 5.74) is 6.13. The number of aromatic hydroxyl groups is 1. The van der Waals surface area contributed by atoms with E-state index in [9.17, 15) is 29.4 Å². The molecule has 0 aliphatic carbocycles. The Balaban J connectivity index is 2.80. The summed E-state index contributed by atoms with van der Waals surface area (Å²) in [6, 6.07) is 2.88. The minimum atomic E-state index is -1.23. The van der Waals surface area contributed by atoms with Crippen LogP contribution in [0.25, 0.3) is 0 Å². The molecule has 4 atom stereocenters. The van der Waals surface area contributed by atoms with Crippen molar-refractivity contribution < 1.29 is 29.4 Å². The second-order valence-corrected chi connectivity index (χ2v) is 7.57. The Bertz CT molecular complexity index is 773. The van der Waals surface area contributed by atoms with Crippen LogP contribution in [0, 0.1) is 5.92 Å². The van der Waals surface area contributed by atoms with Gasteiger partial charge >= 0.3 is 5.97 Å². The van der Waals surface area contributed by atoms with Crippen LogP contribution in [0.2, 0.25) is 0 Å². The molecule has 0 saturated carbocycles. The second kappa shape index (κ2) is 12.8. The number of carbonyl (C=O) groups is 4. The van der Waals surface area contributed by atoms with Gasteiger partial charge in [-0.05, 0) is 23.6 Å². The Morgan fingerprint density at radius 1 is 1.10 bits per heavy atom. The van der Waals surface area contributed by atoms with Gasteiger partial charge in [-0.1, -0.05) is 32.4 Å². The molecular weight excluding hydrogens is 424 g/mol. The van der Waals surface area contributed by atoms with Crippen LogP contribution in [-0.2, 0) is 25.6 Å². The highest BCUT2D eigenvalue weighted by molar-refractivity contribution is 7.80. The van der Waals surface area contributed by atoms with Gasteiger partial charge in [-0.2, -0.15) is 12.6 Å². The summed E-state index contributed by atoms with van der Waals surface area (Å²) in [4.78, 5) is 48.3. The Morgan fingerprint density at radius 2 is 1.71 bits per heavy atom. The average molecular weight is 455 g/mol. The molecule has 1 aromatic carbocycles. The summed E-state index contributed by atoms with van der Waals surface area (Å²) >= 11 is 3.91. The van der Waals surface area contributed by atoms with E-state index in [0.29, 0.717) is 12.0 Å². The zero-order chi connectivity index (χ0) is 23.6. The first-order valence-corrected chi connectivity index (χ1v) is 10.5. The van der Waals surface area contributed by atoms with Gasteiger partial charge in [-0.3, -0.25) is 14.4 Å². The van der Waals surface area contributed by atoms with Crippen molar-refractivity contribution >= 4 is 36.3 Å². The molecule has 0 aliphatic heterocycles. The van der Waals surface area contributed by atoms with E-state index in [2.05, 4.69) is 28.6 Å². The zero-order valence-electron chi connectivity index (χ0n) is 17.5. The molecule has 0 bridgehead atoms. The van der Waals surface area contributed by atoms with Gasteiger partial charge in [0.2, 0.25) is 17.7 Å². The van der Waals surface area contributed by atoms with Crippen LogP contribution in [-0.4, -0.2) is 64.3 Å². The number of amides is 3. The van der Waals surface area contributed by atoms with Gasteiger partial charge in [-0.25, -0.2) is 4.79 Å². The number of phenols is 1. The first-order valence-electron chi connectivity index (χ1n) is 9.83. The van der Waals surface area contributed by atoms with Gasteiger partial charge in [0.1, 0.15) is 17.8 Å². The minimum absolute atomic E-state index is 0.000198. The third kappa shape index (κ3) is 8.85. The molecule has 0 radical (unpaired) electrons. The summed E-state index contributed by atoms with van der Waals surface area (Å²) in [5, 5.41) is 26.2. The number of benzene rings is 1. The van der Waals surface area contributed by atoms with Crippen LogP contribution in [0.5, 0.6) is 5.75 Å². The topological polar surface area (TPSA) is 171 Å². The van der Waals surface area contributed by atoms with Crippen molar-refractivity contribution in [2.45, 2.75) is 44.8 Å². The van der Waals surface area contributed by atoms with Crippen molar-refractivity contribution in [2.75, 3.05) is 12.3 Å². The molecule has 31 heavy (non-hydrogen) atoms. The van der Waals surface area contributed by atoms with Gasteiger partial charge in [0, 0.05) is 12.2 Å². The van der Waals surface area contributed by atoms with Crippen LogP contribution in [0.4, 0.5) is 0 Å². The number of rotatable bonds is 12. The molecule has 172 valence electrons. The fraction of sp³-hybridized carbons (Fsp3) is 0.500. The van der Waals surface area contributed by atoms with Crippen LogP contribution in [0.1, 0.15) is 25.8 Å². The summed E-state index contributed by atoms with van der Waals surface area (Å²) in [5.74, 6) is -3.16. The number of carboxylic acid groups (broad SMARTS) is 1. The fourth-order valence-corrected chi connectivity index (χ4v) is 2.80. The molecule has 0 spiro atoms. The summed E-state index contributed by atoms with van der Waals surface area (Å²) in [7, 11) is 0. The lowest BCUT2D eigenvalue weighted by Gasteiger charge is -2.25. The normalized spacial score (nSPS) is 14.6. The number of thiol groups is 1. The number of nitrogens with two attached hydrogens (primary N) is 1. The number of phenolic OH excluding ortho intramolecular Hbond substituents is 1. The van der Waals surface area contributed by atoms with E-state index >= 15 is 0 Å². The van der Waals surface area contributed by atoms with Crippen LogP contribution < -0.4 is 21.7 Å². The molecule has 0 aliphatic rings. The summed E-state index contributed by atoms with van der Waals surface area (Å²) in [6.07, 6.45) is 0.547. The minimum Gasteiger partial charge on any atom is -0.508 e. The van der Waals surface area contributed by atoms with Crippen molar-refractivity contribution in [3.8, 4) is 5.75 Å². The largest absolute Gasteiger partial charge is 0.508 e. The molecule has 7 N–H and O–H groups in total. The lowest BCUT2D eigenvalue weighted by molar-refractivity contribution is -0.142. The predicted octanol–water partition coefficient (Wildman–Crippen LogP) is -0.592. The highest BCUT2D eigenvalue weighted by atomic mass is 32.1. The van der Waals surface area contributed by atoms with Crippen molar-refractivity contribution in [3.63, 3.8) is 0 Å². The molecule has 0 saturated heterocycles. The summed E-state index contributed by atoms with van der Waals surface area (Å²) < 4.78 is 0. The van der Waals surface area contributed by atoms with Gasteiger partial charge in [-0.15, -0.1) is 0 Å². The smallest absolute Gasteiger partial charge is 0.326 e. The van der Waals surface area contributed by atoms with Crippen LogP contribution >= 0.6 is 12.6 Å². The van der Waals surface area contributed by atoms with E-state index < -0.39 is 41.8 Å². The first kappa shape index (κ1) is 26.2. The van der Waals surface area contributed by atoms with Gasteiger partial charge in [0.25, 0.3) is 0 Å². The number of nitrogens with one attached hydrogen (secondary N) is 3. The molecule has 3 amide bonds. The quantitative estimate of drug-likeness (QED) is 0.207. The number of aliphatic carboxylic acids is 1. The first-order chi connectivity index (χ1) is 14.6. The van der Waals surface area contributed by atoms with E-state index in [1.54, 1.807) is 19.1 Å². The maximum atomic E-state index is 12.8. The van der Waals surface area contributed by atoms with E-state index in [0.717, 1.165) is 0 Å². The molecule has 11 heteroatoms. The molecule has 0 heterocycles. The highest BCUT2D eigenvalue weighted by Crippen LogP contribution is 2.13. The molecule has 1 rings (SSSR count). The van der Waals surface area contributed by atoms with Crippen LogP contribution in [0.15, 0.2) is 24.3 Å². The molecular formula is C20H30N4O6S. The average Bonchev–Trinajstić information content (AvgIpc) is 2.75. The number of hydrogen-bond acceptors (Lipinski definition) is 7. The van der Waals surface area contributed by atoms with E-state index in [-0.39, 0.29) is 30.4 Å². The Hall–Kier alpha value is -2.79. The molecule has 4 unspecified atom stereocenters. The maximum Gasteiger partial charge on any atom is 0.326 e. The third-order valence-electron chi connectivity index (χ3n) is 4.76. The molecule has 0 fully saturated rings. The Labute approximate surface area is 186 Å². The molecule has 10 nitrogen and oxygen atoms in total. The van der Waals surface area contributed by atoms with Gasteiger partial charge in [0.15, 0.2) is 0 Å². The van der Waals surface area contributed by atoms with E-state index in [1.807, 2.05) is 6.92 Å². The van der Waals surface area contributed by atoms with E-state index in [4.69, 9.17) is 5.73 Å². The lowest BCUT2D eigenvalue weighted by Crippen LogP contribution is -2.56. The highest BCUT2D eigenvalue weighted by Gasteiger charge is 2.30. The fourth-order valence-electron chi connectivity index (χ4n) is 2.64. The Morgan fingerprint density at radius 3 is 2.23 bits per heavy atom. The van der Waals surface area contributed by atoms with Crippen LogP contribution in [0.3, 0.4) is 0 Å². The molecule has 1 aromatic rings. The van der Waals surface area contributed by atoms with Crippen molar-refractivity contribution in [1.82, 2.24) is 16.0 Å². The Kier molecular flexibility index (Phi) is 10.8. The zero-order valence-corrected chi connectivity index (χ0v) is 18.4. The predicted molar refractivity (Wildman–Crippen MR) is 118 cm³/mol. The third-order valence-corrected chi connectivity index (χ3v) is 5.15. The monoisotopic (exact) mass is 454 g/mol. The van der Waals surface area contributed by atoms with Crippen molar-refractivity contribution in [2.24, 2.45) is 11.7 Å².